The van der Waals surface area contributed by atoms with Crippen LogP contribution in [-0.4, -0.2) is 30.1 Å². The van der Waals surface area contributed by atoms with Crippen molar-refractivity contribution in [3.8, 4) is 39.9 Å². The van der Waals surface area contributed by atoms with E-state index in [4.69, 9.17) is 4.52 Å². The fourth-order valence-corrected chi connectivity index (χ4v) is 3.23. The Morgan fingerprint density at radius 2 is 1.58 bits per heavy atom. The molecule has 0 N–H and O–H groups in total. The molecule has 0 aliphatic carbocycles. The lowest BCUT2D eigenvalue weighted by Gasteiger charge is -2.08. The van der Waals surface area contributed by atoms with Crippen molar-refractivity contribution in [3.63, 3.8) is 0 Å². The second-order valence-electron chi connectivity index (χ2n) is 6.88. The highest BCUT2D eigenvalue weighted by atomic mass is 19.4. The zero-order valence-electron chi connectivity index (χ0n) is 16.5. The van der Waals surface area contributed by atoms with Gasteiger partial charge in [0.25, 0.3) is 5.89 Å². The molecule has 164 valence electrons. The minimum absolute atomic E-state index is 0.0284. The van der Waals surface area contributed by atoms with Crippen molar-refractivity contribution >= 4 is 0 Å². The van der Waals surface area contributed by atoms with Crippen molar-refractivity contribution in [3.05, 3.63) is 84.4 Å². The van der Waals surface area contributed by atoms with Gasteiger partial charge in [0.05, 0.1) is 5.56 Å². The molecule has 0 amide bonds. The van der Waals surface area contributed by atoms with E-state index in [2.05, 4.69) is 25.4 Å². The van der Waals surface area contributed by atoms with Crippen molar-refractivity contribution in [2.24, 2.45) is 0 Å². The lowest BCUT2D eigenvalue weighted by molar-refractivity contribution is -0.137. The summed E-state index contributed by atoms with van der Waals surface area (Å²) in [5, 5.41) is 12.0. The summed E-state index contributed by atoms with van der Waals surface area (Å²) in [6.45, 7) is 0. The molecule has 5 rings (SSSR count). The van der Waals surface area contributed by atoms with E-state index in [0.717, 1.165) is 12.1 Å². The Labute approximate surface area is 183 Å². The minimum atomic E-state index is -4.45. The van der Waals surface area contributed by atoms with Gasteiger partial charge in [0, 0.05) is 23.5 Å². The molecule has 0 saturated heterocycles. The predicted molar refractivity (Wildman–Crippen MR) is 108 cm³/mol. The third-order valence-electron chi connectivity index (χ3n) is 4.80. The van der Waals surface area contributed by atoms with Gasteiger partial charge in [-0.3, -0.25) is 4.98 Å². The standard InChI is InChI=1S/C22H12F4N6O/c23-16-3-1-2-4-17(16)32-19(13-9-11-27-12-10-13)18(29-31-32)21-28-20(30-33-21)14-5-7-15(8-6-14)22(24,25)26/h1-12H. The number of pyridine rings is 1. The molecule has 3 heterocycles. The molecule has 0 radical (unpaired) electrons. The number of hydrogen-bond acceptors (Lipinski definition) is 6. The second-order valence-corrected chi connectivity index (χ2v) is 6.88. The van der Waals surface area contributed by atoms with Gasteiger partial charge in [-0.1, -0.05) is 34.6 Å². The van der Waals surface area contributed by atoms with Crippen LogP contribution in [0.1, 0.15) is 5.56 Å². The van der Waals surface area contributed by atoms with E-state index in [1.165, 1.54) is 22.9 Å². The molecule has 0 spiro atoms. The van der Waals surface area contributed by atoms with E-state index in [-0.39, 0.29) is 23.1 Å². The monoisotopic (exact) mass is 452 g/mol. The molecule has 7 nitrogen and oxygen atoms in total. The molecular weight excluding hydrogens is 440 g/mol. The van der Waals surface area contributed by atoms with Gasteiger partial charge < -0.3 is 4.52 Å². The lowest BCUT2D eigenvalue weighted by atomic mass is 10.1. The molecule has 0 unspecified atom stereocenters. The molecule has 3 aromatic heterocycles. The number of benzene rings is 2. The first-order valence-corrected chi connectivity index (χ1v) is 9.54. The van der Waals surface area contributed by atoms with Gasteiger partial charge >= 0.3 is 6.18 Å². The SMILES string of the molecule is Fc1ccccc1-n1nnc(-c2nc(-c3ccc(C(F)(F)F)cc3)no2)c1-c1ccncc1. The summed E-state index contributed by atoms with van der Waals surface area (Å²) in [5.74, 6) is -0.473. The number of aromatic nitrogens is 6. The molecule has 5 aromatic rings. The Morgan fingerprint density at radius 3 is 2.27 bits per heavy atom. The fraction of sp³-hybridized carbons (Fsp3) is 0.0455. The van der Waals surface area contributed by atoms with Crippen LogP contribution in [0.5, 0.6) is 0 Å². The van der Waals surface area contributed by atoms with E-state index in [0.29, 0.717) is 16.8 Å². The van der Waals surface area contributed by atoms with E-state index >= 15 is 0 Å². The second kappa shape index (κ2) is 7.93. The molecule has 2 aromatic carbocycles. The maximum Gasteiger partial charge on any atom is 0.416 e. The van der Waals surface area contributed by atoms with E-state index in [9.17, 15) is 17.6 Å². The molecule has 0 aliphatic rings. The van der Waals surface area contributed by atoms with Gasteiger partial charge in [-0.25, -0.2) is 9.07 Å². The summed E-state index contributed by atoms with van der Waals surface area (Å²) >= 11 is 0. The van der Waals surface area contributed by atoms with E-state index in [1.54, 1.807) is 42.7 Å². The van der Waals surface area contributed by atoms with Crippen LogP contribution in [-0.2, 0) is 6.18 Å². The maximum atomic E-state index is 14.5. The first kappa shape index (κ1) is 20.5. The minimum Gasteiger partial charge on any atom is -0.332 e. The van der Waals surface area contributed by atoms with Crippen molar-refractivity contribution in [2.75, 3.05) is 0 Å². The van der Waals surface area contributed by atoms with Crippen LogP contribution in [0.15, 0.2) is 77.6 Å². The quantitative estimate of drug-likeness (QED) is 0.349. The summed E-state index contributed by atoms with van der Waals surface area (Å²) in [5.41, 5.74) is 0.862. The van der Waals surface area contributed by atoms with Crippen LogP contribution in [0.25, 0.3) is 39.9 Å². The maximum absolute atomic E-state index is 14.5. The van der Waals surface area contributed by atoms with Crippen LogP contribution in [0.3, 0.4) is 0 Å². The highest BCUT2D eigenvalue weighted by Crippen LogP contribution is 2.34. The van der Waals surface area contributed by atoms with E-state index < -0.39 is 17.6 Å². The molecule has 33 heavy (non-hydrogen) atoms. The van der Waals surface area contributed by atoms with Crippen molar-refractivity contribution in [1.29, 1.82) is 0 Å². The normalized spacial score (nSPS) is 11.6. The predicted octanol–water partition coefficient (Wildman–Crippen LogP) is 5.20. The number of hydrogen-bond donors (Lipinski definition) is 0. The first-order chi connectivity index (χ1) is 15.9. The van der Waals surface area contributed by atoms with Gasteiger partial charge in [0.1, 0.15) is 17.2 Å². The molecule has 0 fully saturated rings. The fourth-order valence-electron chi connectivity index (χ4n) is 3.23. The van der Waals surface area contributed by atoms with Crippen molar-refractivity contribution < 1.29 is 22.1 Å². The molecule has 0 aliphatic heterocycles. The van der Waals surface area contributed by atoms with Gasteiger partial charge in [-0.2, -0.15) is 18.2 Å². The number of nitrogens with zero attached hydrogens (tertiary/aromatic N) is 6. The van der Waals surface area contributed by atoms with Gasteiger partial charge in [0.2, 0.25) is 5.82 Å². The number of rotatable bonds is 4. The molecular formula is C22H12F4N6O. The number of para-hydroxylation sites is 1. The summed E-state index contributed by atoms with van der Waals surface area (Å²) < 4.78 is 59.6. The Hall–Kier alpha value is -4.41. The van der Waals surface area contributed by atoms with Crippen LogP contribution >= 0.6 is 0 Å². The van der Waals surface area contributed by atoms with Crippen molar-refractivity contribution in [1.82, 2.24) is 30.1 Å². The zero-order chi connectivity index (χ0) is 23.0. The van der Waals surface area contributed by atoms with Crippen LogP contribution in [0, 0.1) is 5.82 Å². The number of halogens is 4. The summed E-state index contributed by atoms with van der Waals surface area (Å²) in [6, 6.07) is 13.8. The lowest BCUT2D eigenvalue weighted by Crippen LogP contribution is -2.04. The van der Waals surface area contributed by atoms with Crippen LogP contribution in [0.2, 0.25) is 0 Å². The average Bonchev–Trinajstić information content (AvgIpc) is 3.47. The third kappa shape index (κ3) is 3.84. The van der Waals surface area contributed by atoms with Crippen molar-refractivity contribution in [2.45, 2.75) is 6.18 Å². The van der Waals surface area contributed by atoms with Gasteiger partial charge in [-0.15, -0.1) is 5.10 Å². The van der Waals surface area contributed by atoms with E-state index in [1.807, 2.05) is 0 Å². The summed E-state index contributed by atoms with van der Waals surface area (Å²) in [7, 11) is 0. The Bertz CT molecular complexity index is 1410. The summed E-state index contributed by atoms with van der Waals surface area (Å²) in [4.78, 5) is 8.26. The first-order valence-electron chi connectivity index (χ1n) is 9.54. The zero-order valence-corrected chi connectivity index (χ0v) is 16.5. The molecule has 11 heteroatoms. The van der Waals surface area contributed by atoms with Crippen LogP contribution in [0.4, 0.5) is 17.6 Å². The van der Waals surface area contributed by atoms with Gasteiger partial charge in [-0.05, 0) is 36.4 Å². The highest BCUT2D eigenvalue weighted by molar-refractivity contribution is 5.76. The van der Waals surface area contributed by atoms with Gasteiger partial charge in [0.15, 0.2) is 5.69 Å². The Kier molecular flexibility index (Phi) is 4.93. The third-order valence-corrected chi connectivity index (χ3v) is 4.80. The smallest absolute Gasteiger partial charge is 0.332 e. The highest BCUT2D eigenvalue weighted by Gasteiger charge is 2.30. The molecule has 0 bridgehead atoms. The molecule has 0 atom stereocenters. The topological polar surface area (TPSA) is 82.5 Å². The van der Waals surface area contributed by atoms with Crippen LogP contribution < -0.4 is 0 Å². The largest absolute Gasteiger partial charge is 0.416 e. The molecule has 0 saturated carbocycles. The Morgan fingerprint density at radius 1 is 0.848 bits per heavy atom. The average molecular weight is 452 g/mol. The summed E-state index contributed by atoms with van der Waals surface area (Å²) in [6.07, 6.45) is -1.34. The Balaban J connectivity index is 1.60. The number of alkyl halides is 3.